The van der Waals surface area contributed by atoms with Crippen LogP contribution in [0.1, 0.15) is 50.0 Å². The maximum atomic E-state index is 6.02. The molecule has 1 fully saturated rings. The van der Waals surface area contributed by atoms with E-state index in [0.717, 1.165) is 43.2 Å². The molecule has 4 rings (SSSR count). The standard InChI is InChI=1S/C19H24N6/c1-13(2)19-22-16(20)10-18(23-19)24-8-5-6-14(12-24)15-11-21-17-7-3-4-9-25(15)17/h3-4,7,9-11,13-14H,5-6,8,12H2,1-2H3,(H2,20,22,23). The van der Waals surface area contributed by atoms with Gasteiger partial charge in [0.25, 0.3) is 0 Å². The van der Waals surface area contributed by atoms with Crippen molar-refractivity contribution in [2.75, 3.05) is 23.7 Å². The number of hydrogen-bond donors (Lipinski definition) is 1. The Labute approximate surface area is 147 Å². The molecule has 0 bridgehead atoms. The Bertz CT molecular complexity index is 885. The number of imidazole rings is 1. The molecule has 6 heteroatoms. The normalized spacial score (nSPS) is 18.2. The number of nitrogens with zero attached hydrogens (tertiary/aromatic N) is 5. The number of rotatable bonds is 3. The highest BCUT2D eigenvalue weighted by Gasteiger charge is 2.25. The number of piperidine rings is 1. The molecule has 0 aromatic carbocycles. The first-order valence-electron chi connectivity index (χ1n) is 8.93. The summed E-state index contributed by atoms with van der Waals surface area (Å²) in [6.45, 7) is 6.11. The van der Waals surface area contributed by atoms with Crippen LogP contribution in [-0.2, 0) is 0 Å². The summed E-state index contributed by atoms with van der Waals surface area (Å²) >= 11 is 0. The number of nitrogen functional groups attached to an aromatic ring is 1. The summed E-state index contributed by atoms with van der Waals surface area (Å²) in [4.78, 5) is 16.0. The van der Waals surface area contributed by atoms with Crippen LogP contribution in [-0.4, -0.2) is 32.4 Å². The van der Waals surface area contributed by atoms with Gasteiger partial charge in [-0.05, 0) is 25.0 Å². The molecule has 1 aliphatic rings. The molecule has 6 nitrogen and oxygen atoms in total. The van der Waals surface area contributed by atoms with E-state index in [4.69, 9.17) is 10.7 Å². The van der Waals surface area contributed by atoms with Crippen molar-refractivity contribution in [3.8, 4) is 0 Å². The number of aromatic nitrogens is 4. The van der Waals surface area contributed by atoms with Crippen LogP contribution in [0.25, 0.3) is 5.65 Å². The van der Waals surface area contributed by atoms with E-state index in [-0.39, 0.29) is 5.92 Å². The summed E-state index contributed by atoms with van der Waals surface area (Å²) in [5, 5.41) is 0. The smallest absolute Gasteiger partial charge is 0.136 e. The fraction of sp³-hybridized carbons (Fsp3) is 0.421. The number of nitrogens with two attached hydrogens (primary N) is 1. The summed E-state index contributed by atoms with van der Waals surface area (Å²) in [5.41, 5.74) is 8.29. The monoisotopic (exact) mass is 336 g/mol. The zero-order valence-electron chi connectivity index (χ0n) is 14.8. The van der Waals surface area contributed by atoms with Crippen molar-refractivity contribution in [1.29, 1.82) is 0 Å². The van der Waals surface area contributed by atoms with Crippen molar-refractivity contribution in [1.82, 2.24) is 19.4 Å². The first-order chi connectivity index (χ1) is 12.1. The van der Waals surface area contributed by atoms with Gasteiger partial charge in [0.2, 0.25) is 0 Å². The Hall–Kier alpha value is -2.63. The van der Waals surface area contributed by atoms with E-state index in [1.807, 2.05) is 24.4 Å². The molecule has 1 unspecified atom stereocenters. The van der Waals surface area contributed by atoms with Gasteiger partial charge >= 0.3 is 0 Å². The second kappa shape index (κ2) is 6.35. The zero-order chi connectivity index (χ0) is 17.4. The highest BCUT2D eigenvalue weighted by Crippen LogP contribution is 2.30. The summed E-state index contributed by atoms with van der Waals surface area (Å²) < 4.78 is 2.20. The summed E-state index contributed by atoms with van der Waals surface area (Å²) in [7, 11) is 0. The zero-order valence-corrected chi connectivity index (χ0v) is 14.8. The average molecular weight is 336 g/mol. The molecule has 2 N–H and O–H groups in total. The maximum absolute atomic E-state index is 6.02. The van der Waals surface area contributed by atoms with Crippen LogP contribution in [0.3, 0.4) is 0 Å². The number of pyridine rings is 1. The van der Waals surface area contributed by atoms with Crippen LogP contribution >= 0.6 is 0 Å². The minimum Gasteiger partial charge on any atom is -0.384 e. The molecule has 1 aliphatic heterocycles. The predicted octanol–water partition coefficient (Wildman–Crippen LogP) is 3.21. The Balaban J connectivity index is 1.63. The second-order valence-corrected chi connectivity index (χ2v) is 7.06. The van der Waals surface area contributed by atoms with Crippen LogP contribution in [0.2, 0.25) is 0 Å². The largest absolute Gasteiger partial charge is 0.384 e. The van der Waals surface area contributed by atoms with Gasteiger partial charge in [0.15, 0.2) is 0 Å². The minimum atomic E-state index is 0.265. The first kappa shape index (κ1) is 15.9. The van der Waals surface area contributed by atoms with Crippen LogP contribution in [0, 0.1) is 0 Å². The van der Waals surface area contributed by atoms with E-state index in [9.17, 15) is 0 Å². The van der Waals surface area contributed by atoms with Gasteiger partial charge in [-0.15, -0.1) is 0 Å². The first-order valence-corrected chi connectivity index (χ1v) is 8.93. The maximum Gasteiger partial charge on any atom is 0.136 e. The third-order valence-electron chi connectivity index (χ3n) is 4.88. The van der Waals surface area contributed by atoms with Gasteiger partial charge < -0.3 is 15.0 Å². The highest BCUT2D eigenvalue weighted by molar-refractivity contribution is 5.48. The highest BCUT2D eigenvalue weighted by atomic mass is 15.2. The van der Waals surface area contributed by atoms with Gasteiger partial charge in [0, 0.05) is 49.1 Å². The van der Waals surface area contributed by atoms with E-state index in [2.05, 4.69) is 45.4 Å². The van der Waals surface area contributed by atoms with Gasteiger partial charge in [0.1, 0.15) is 23.1 Å². The van der Waals surface area contributed by atoms with E-state index < -0.39 is 0 Å². The van der Waals surface area contributed by atoms with E-state index in [0.29, 0.717) is 11.7 Å². The quantitative estimate of drug-likeness (QED) is 0.795. The predicted molar refractivity (Wildman–Crippen MR) is 99.9 cm³/mol. The molecule has 130 valence electrons. The number of hydrogen-bond acceptors (Lipinski definition) is 5. The van der Waals surface area contributed by atoms with Crippen molar-refractivity contribution < 1.29 is 0 Å². The second-order valence-electron chi connectivity index (χ2n) is 7.06. The molecule has 4 heterocycles. The Morgan fingerprint density at radius 2 is 2.12 bits per heavy atom. The Morgan fingerprint density at radius 1 is 1.24 bits per heavy atom. The van der Waals surface area contributed by atoms with Gasteiger partial charge in [-0.1, -0.05) is 19.9 Å². The topological polar surface area (TPSA) is 72.3 Å². The van der Waals surface area contributed by atoms with Crippen molar-refractivity contribution in [3.05, 3.63) is 48.2 Å². The van der Waals surface area contributed by atoms with Crippen molar-refractivity contribution in [3.63, 3.8) is 0 Å². The third kappa shape index (κ3) is 3.04. The molecule has 0 aliphatic carbocycles. The average Bonchev–Trinajstić information content (AvgIpc) is 3.05. The molecule has 25 heavy (non-hydrogen) atoms. The van der Waals surface area contributed by atoms with Gasteiger partial charge in [0.05, 0.1) is 0 Å². The lowest BCUT2D eigenvalue weighted by Gasteiger charge is -2.33. The summed E-state index contributed by atoms with van der Waals surface area (Å²) in [5.74, 6) is 3.00. The van der Waals surface area contributed by atoms with E-state index >= 15 is 0 Å². The van der Waals surface area contributed by atoms with Gasteiger partial charge in [-0.25, -0.2) is 15.0 Å². The lowest BCUT2D eigenvalue weighted by molar-refractivity contribution is 0.495. The fourth-order valence-corrected chi connectivity index (χ4v) is 3.57. The van der Waals surface area contributed by atoms with Crippen LogP contribution in [0.15, 0.2) is 36.7 Å². The lowest BCUT2D eigenvalue weighted by atomic mass is 9.95. The molecule has 0 saturated carbocycles. The molecule has 3 aromatic rings. The summed E-state index contributed by atoms with van der Waals surface area (Å²) in [6.07, 6.45) is 6.40. The molecule has 0 radical (unpaired) electrons. The van der Waals surface area contributed by atoms with Crippen LogP contribution in [0.5, 0.6) is 0 Å². The lowest BCUT2D eigenvalue weighted by Crippen LogP contribution is -2.35. The van der Waals surface area contributed by atoms with Crippen LogP contribution in [0.4, 0.5) is 11.6 Å². The van der Waals surface area contributed by atoms with Gasteiger partial charge in [-0.2, -0.15) is 0 Å². The molecule has 0 amide bonds. The van der Waals surface area contributed by atoms with E-state index in [1.54, 1.807) is 0 Å². The van der Waals surface area contributed by atoms with Gasteiger partial charge in [-0.3, -0.25) is 0 Å². The van der Waals surface area contributed by atoms with Crippen molar-refractivity contribution >= 4 is 17.3 Å². The van der Waals surface area contributed by atoms with Crippen LogP contribution < -0.4 is 10.6 Å². The molecule has 0 spiro atoms. The molecular formula is C19H24N6. The Kier molecular flexibility index (Phi) is 4.03. The Morgan fingerprint density at radius 3 is 2.96 bits per heavy atom. The van der Waals surface area contributed by atoms with Crippen molar-refractivity contribution in [2.45, 2.75) is 38.5 Å². The van der Waals surface area contributed by atoms with E-state index in [1.165, 1.54) is 5.69 Å². The SMILES string of the molecule is CC(C)c1nc(N)cc(N2CCCC(c3cnc4ccccn34)C2)n1. The minimum absolute atomic E-state index is 0.265. The number of fused-ring (bicyclic) bond motifs is 1. The third-order valence-corrected chi connectivity index (χ3v) is 4.88. The summed E-state index contributed by atoms with van der Waals surface area (Å²) in [6, 6.07) is 8.02. The number of anilines is 2. The molecular weight excluding hydrogens is 312 g/mol. The molecule has 1 saturated heterocycles. The van der Waals surface area contributed by atoms with Crippen molar-refractivity contribution in [2.24, 2.45) is 0 Å². The molecule has 3 aromatic heterocycles. The molecule has 1 atom stereocenters. The fourth-order valence-electron chi connectivity index (χ4n) is 3.57.